The average molecular weight is 319 g/mol. The summed E-state index contributed by atoms with van der Waals surface area (Å²) in [6.07, 6.45) is 0.909. The summed E-state index contributed by atoms with van der Waals surface area (Å²) in [5.74, 6) is -0.469. The Morgan fingerprint density at radius 2 is 1.75 bits per heavy atom. The number of aliphatic imine (C=N–C) groups is 1. The molecule has 0 spiro atoms. The molecule has 0 unspecified atom stereocenters. The van der Waals surface area contributed by atoms with Gasteiger partial charge in [-0.25, -0.2) is 4.79 Å². The predicted molar refractivity (Wildman–Crippen MR) is 95.4 cm³/mol. The van der Waals surface area contributed by atoms with Gasteiger partial charge in [0.25, 0.3) is 0 Å². The van der Waals surface area contributed by atoms with E-state index in [0.29, 0.717) is 5.75 Å². The van der Waals surface area contributed by atoms with Gasteiger partial charge in [-0.3, -0.25) is 4.99 Å². The van der Waals surface area contributed by atoms with Gasteiger partial charge in [-0.05, 0) is 48.2 Å². The molecule has 3 rings (SSSR count). The van der Waals surface area contributed by atoms with E-state index in [9.17, 15) is 4.79 Å². The molecule has 120 valence electrons. The number of hydrogen-bond donors (Lipinski definition) is 1. The second-order valence-corrected chi connectivity index (χ2v) is 5.42. The third-order valence-electron chi connectivity index (χ3n) is 3.66. The maximum absolute atomic E-state index is 10.8. The van der Waals surface area contributed by atoms with Gasteiger partial charge in [0.15, 0.2) is 6.10 Å². The van der Waals surface area contributed by atoms with Crippen LogP contribution in [0.15, 0.2) is 71.7 Å². The van der Waals surface area contributed by atoms with E-state index in [0.717, 1.165) is 22.0 Å². The zero-order valence-electron chi connectivity index (χ0n) is 13.2. The summed E-state index contributed by atoms with van der Waals surface area (Å²) in [4.78, 5) is 15.4. The van der Waals surface area contributed by atoms with Crippen LogP contribution in [0.1, 0.15) is 12.5 Å². The molecule has 0 radical (unpaired) electrons. The van der Waals surface area contributed by atoms with Crippen molar-refractivity contribution in [1.82, 2.24) is 0 Å². The third kappa shape index (κ3) is 3.60. The van der Waals surface area contributed by atoms with Crippen LogP contribution in [-0.2, 0) is 4.79 Å². The highest BCUT2D eigenvalue weighted by Crippen LogP contribution is 2.25. The predicted octanol–water partition coefficient (Wildman–Crippen LogP) is 4.44. The lowest BCUT2D eigenvalue weighted by Crippen LogP contribution is -2.22. The molecule has 0 bridgehead atoms. The number of fused-ring (bicyclic) bond motifs is 1. The van der Waals surface area contributed by atoms with Crippen molar-refractivity contribution in [2.24, 2.45) is 4.99 Å². The molecule has 4 heteroatoms. The maximum Gasteiger partial charge on any atom is 0.344 e. The number of ether oxygens (including phenoxy) is 1. The quantitative estimate of drug-likeness (QED) is 0.707. The van der Waals surface area contributed by atoms with Crippen LogP contribution in [0.4, 0.5) is 5.69 Å². The highest BCUT2D eigenvalue weighted by atomic mass is 16.5. The first-order chi connectivity index (χ1) is 11.6. The zero-order valence-corrected chi connectivity index (χ0v) is 13.2. The van der Waals surface area contributed by atoms with E-state index in [1.54, 1.807) is 18.3 Å². The van der Waals surface area contributed by atoms with E-state index >= 15 is 0 Å². The van der Waals surface area contributed by atoms with Gasteiger partial charge in [-0.15, -0.1) is 0 Å². The van der Waals surface area contributed by atoms with E-state index < -0.39 is 12.1 Å². The molecule has 24 heavy (non-hydrogen) atoms. The van der Waals surface area contributed by atoms with Crippen molar-refractivity contribution >= 4 is 28.6 Å². The summed E-state index contributed by atoms with van der Waals surface area (Å²) >= 11 is 0. The monoisotopic (exact) mass is 319 g/mol. The molecule has 1 N–H and O–H groups in total. The molecular weight excluding hydrogens is 302 g/mol. The van der Waals surface area contributed by atoms with Crippen LogP contribution in [0.2, 0.25) is 0 Å². The topological polar surface area (TPSA) is 58.9 Å². The minimum Gasteiger partial charge on any atom is -0.479 e. The van der Waals surface area contributed by atoms with Crippen molar-refractivity contribution in [3.8, 4) is 5.75 Å². The lowest BCUT2D eigenvalue weighted by atomic mass is 10.1. The first-order valence-electron chi connectivity index (χ1n) is 7.65. The summed E-state index contributed by atoms with van der Waals surface area (Å²) in [5, 5.41) is 11.1. The minimum atomic E-state index is -0.989. The summed E-state index contributed by atoms with van der Waals surface area (Å²) in [5.41, 5.74) is 1.83. The molecule has 3 aromatic carbocycles. The van der Waals surface area contributed by atoms with Gasteiger partial charge in [0.2, 0.25) is 0 Å². The smallest absolute Gasteiger partial charge is 0.344 e. The summed E-state index contributed by atoms with van der Waals surface area (Å²) < 4.78 is 5.31. The molecule has 0 amide bonds. The zero-order chi connectivity index (χ0) is 16.9. The number of aliphatic carboxylic acids is 1. The molecule has 3 aromatic rings. The normalized spacial score (nSPS) is 12.4. The molecule has 0 aromatic heterocycles. The molecule has 0 fully saturated rings. The van der Waals surface area contributed by atoms with E-state index in [1.165, 1.54) is 6.92 Å². The lowest BCUT2D eigenvalue weighted by molar-refractivity contribution is -0.144. The first-order valence-corrected chi connectivity index (χ1v) is 7.65. The average Bonchev–Trinajstić information content (AvgIpc) is 2.61. The summed E-state index contributed by atoms with van der Waals surface area (Å²) in [6, 6.07) is 21.3. The number of nitrogens with zero attached hydrogens (tertiary/aromatic N) is 1. The van der Waals surface area contributed by atoms with Crippen molar-refractivity contribution in [3.05, 3.63) is 72.3 Å². The molecule has 0 heterocycles. The third-order valence-corrected chi connectivity index (χ3v) is 3.66. The van der Waals surface area contributed by atoms with E-state index in [-0.39, 0.29) is 0 Å². The van der Waals surface area contributed by atoms with E-state index in [4.69, 9.17) is 9.84 Å². The van der Waals surface area contributed by atoms with Gasteiger partial charge < -0.3 is 9.84 Å². The molecule has 0 saturated carbocycles. The van der Waals surface area contributed by atoms with E-state index in [2.05, 4.69) is 17.1 Å². The molecule has 4 nitrogen and oxygen atoms in total. The number of rotatable bonds is 5. The van der Waals surface area contributed by atoms with Crippen LogP contribution >= 0.6 is 0 Å². The van der Waals surface area contributed by atoms with Gasteiger partial charge >= 0.3 is 5.97 Å². The van der Waals surface area contributed by atoms with Gasteiger partial charge in [0.05, 0.1) is 5.69 Å². The van der Waals surface area contributed by atoms with Crippen molar-refractivity contribution in [1.29, 1.82) is 0 Å². The van der Waals surface area contributed by atoms with Crippen LogP contribution < -0.4 is 4.74 Å². The molecule has 1 atom stereocenters. The lowest BCUT2D eigenvalue weighted by Gasteiger charge is -2.09. The Bertz CT molecular complexity index is 880. The Kier molecular flexibility index (Phi) is 4.57. The van der Waals surface area contributed by atoms with Gasteiger partial charge in [0.1, 0.15) is 5.75 Å². The Morgan fingerprint density at radius 3 is 2.50 bits per heavy atom. The molecule has 0 saturated heterocycles. The van der Waals surface area contributed by atoms with Crippen LogP contribution in [-0.4, -0.2) is 23.4 Å². The summed E-state index contributed by atoms with van der Waals surface area (Å²) in [6.45, 7) is 1.50. The van der Waals surface area contributed by atoms with Crippen molar-refractivity contribution in [2.75, 3.05) is 0 Å². The Hall–Kier alpha value is -3.14. The van der Waals surface area contributed by atoms with Crippen molar-refractivity contribution in [3.63, 3.8) is 0 Å². The van der Waals surface area contributed by atoms with Crippen LogP contribution in [0, 0.1) is 0 Å². The fraction of sp³-hybridized carbons (Fsp3) is 0.100. The van der Waals surface area contributed by atoms with Crippen molar-refractivity contribution < 1.29 is 14.6 Å². The number of carbonyl (C=O) groups is 1. The molecule has 0 aliphatic rings. The fourth-order valence-electron chi connectivity index (χ4n) is 2.35. The number of carboxylic acids is 1. The van der Waals surface area contributed by atoms with Gasteiger partial charge in [-0.1, -0.05) is 36.4 Å². The molecule has 0 aliphatic heterocycles. The maximum atomic E-state index is 10.8. The number of carboxylic acid groups (broad SMARTS) is 1. The standard InChI is InChI=1S/C20H17NO3/c1-14(20(22)23)24-17-11-9-15(10-12-17)13-21-19-8-4-6-16-5-2-3-7-18(16)19/h2-14H,1H3,(H,22,23)/t14-/m1/s1. The first kappa shape index (κ1) is 15.7. The molecular formula is C20H17NO3. The second kappa shape index (κ2) is 6.96. The van der Waals surface area contributed by atoms with Crippen LogP contribution in [0.25, 0.3) is 10.8 Å². The number of benzene rings is 3. The second-order valence-electron chi connectivity index (χ2n) is 5.42. The number of hydrogen-bond acceptors (Lipinski definition) is 3. The largest absolute Gasteiger partial charge is 0.479 e. The Balaban J connectivity index is 1.78. The van der Waals surface area contributed by atoms with Crippen LogP contribution in [0.5, 0.6) is 5.75 Å². The SMILES string of the molecule is C[C@@H](Oc1ccc(C=Nc2cccc3ccccc23)cc1)C(=O)O. The highest BCUT2D eigenvalue weighted by molar-refractivity contribution is 5.95. The van der Waals surface area contributed by atoms with Crippen molar-refractivity contribution in [2.45, 2.75) is 13.0 Å². The Morgan fingerprint density at radius 1 is 1.04 bits per heavy atom. The van der Waals surface area contributed by atoms with E-state index in [1.807, 2.05) is 42.5 Å². The van der Waals surface area contributed by atoms with Crippen LogP contribution in [0.3, 0.4) is 0 Å². The minimum absolute atomic E-state index is 0.521. The Labute approximate surface area is 140 Å². The molecule has 0 aliphatic carbocycles. The van der Waals surface area contributed by atoms with Gasteiger partial charge in [-0.2, -0.15) is 0 Å². The highest BCUT2D eigenvalue weighted by Gasteiger charge is 2.11. The summed E-state index contributed by atoms with van der Waals surface area (Å²) in [7, 11) is 0. The fourth-order valence-corrected chi connectivity index (χ4v) is 2.35. The van der Waals surface area contributed by atoms with Gasteiger partial charge in [0, 0.05) is 11.6 Å².